The topological polar surface area (TPSA) is 75.6 Å². The first kappa shape index (κ1) is 17.6. The van der Waals surface area contributed by atoms with Gasteiger partial charge in [-0.1, -0.05) is 48.5 Å². The van der Waals surface area contributed by atoms with Crippen LogP contribution >= 0.6 is 0 Å². The Morgan fingerprint density at radius 1 is 1.12 bits per heavy atom. The van der Waals surface area contributed by atoms with Gasteiger partial charge in [-0.3, -0.25) is 4.79 Å². The maximum atomic E-state index is 13.6. The molecule has 0 saturated carbocycles. The number of esters is 1. The Kier molecular flexibility index (Phi) is 5.65. The van der Waals surface area contributed by atoms with Crippen LogP contribution in [0, 0.1) is 0 Å². The van der Waals surface area contributed by atoms with Crippen LogP contribution in [0.5, 0.6) is 0 Å². The van der Waals surface area contributed by atoms with Gasteiger partial charge in [-0.15, -0.1) is 0 Å². The average Bonchev–Trinajstić information content (AvgIpc) is 2.66. The van der Waals surface area contributed by atoms with Gasteiger partial charge in [0, 0.05) is 5.56 Å². The van der Waals surface area contributed by atoms with Crippen LogP contribution in [-0.2, 0) is 9.53 Å². The number of aliphatic hydroxyl groups is 1. The van der Waals surface area contributed by atoms with Crippen molar-refractivity contribution in [2.75, 3.05) is 13.8 Å². The molecule has 2 atom stereocenters. The third-order valence-electron chi connectivity index (χ3n) is 3.66. The van der Waals surface area contributed by atoms with Crippen LogP contribution in [0.4, 0.5) is 4.39 Å². The summed E-state index contributed by atoms with van der Waals surface area (Å²) in [6, 6.07) is 15.2. The number of alkyl halides is 1. The van der Waals surface area contributed by atoms with E-state index in [2.05, 4.69) is 10.1 Å². The number of ether oxygens (including phenoxy) is 1. The molecule has 0 spiro atoms. The molecule has 0 aliphatic heterocycles. The van der Waals surface area contributed by atoms with Gasteiger partial charge in [0.05, 0.1) is 13.2 Å². The molecule has 0 heterocycles. The highest BCUT2D eigenvalue weighted by Gasteiger charge is 2.47. The molecule has 0 fully saturated rings. The molecule has 24 heavy (non-hydrogen) atoms. The van der Waals surface area contributed by atoms with Crippen LogP contribution in [0.25, 0.3) is 0 Å². The van der Waals surface area contributed by atoms with Crippen molar-refractivity contribution in [2.24, 2.45) is 0 Å². The molecule has 0 unspecified atom stereocenters. The standard InChI is InChI=1S/C18H18FNO4/c1-24-17(22)18(23,12-19)15(13-8-4-2-5-9-13)20-16(21)14-10-6-3-7-11-14/h2-11,15,23H,12H2,1H3,(H,20,21)/t15-,18+/m0/s1. The summed E-state index contributed by atoms with van der Waals surface area (Å²) >= 11 is 0. The van der Waals surface area contributed by atoms with Gasteiger partial charge in [-0.05, 0) is 17.7 Å². The summed E-state index contributed by atoms with van der Waals surface area (Å²) < 4.78 is 18.1. The Hall–Kier alpha value is -2.73. The zero-order valence-corrected chi connectivity index (χ0v) is 13.1. The lowest BCUT2D eigenvalue weighted by Crippen LogP contribution is -2.53. The molecule has 1 amide bonds. The van der Waals surface area contributed by atoms with Gasteiger partial charge >= 0.3 is 5.97 Å². The molecule has 126 valence electrons. The Bertz CT molecular complexity index is 693. The first-order valence-electron chi connectivity index (χ1n) is 7.30. The summed E-state index contributed by atoms with van der Waals surface area (Å²) in [5, 5.41) is 13.1. The molecule has 2 rings (SSSR count). The number of carbonyl (C=O) groups is 2. The van der Waals surface area contributed by atoms with Crippen molar-refractivity contribution in [3.63, 3.8) is 0 Å². The van der Waals surface area contributed by atoms with Crippen molar-refractivity contribution in [2.45, 2.75) is 11.6 Å². The fourth-order valence-electron chi connectivity index (χ4n) is 2.35. The lowest BCUT2D eigenvalue weighted by atomic mass is 9.89. The van der Waals surface area contributed by atoms with Gasteiger partial charge in [0.15, 0.2) is 0 Å². The predicted octanol–water partition coefficient (Wildman–Crippen LogP) is 2.03. The molecule has 2 aromatic rings. The van der Waals surface area contributed by atoms with Crippen LogP contribution in [0.1, 0.15) is 22.0 Å². The number of hydrogen-bond acceptors (Lipinski definition) is 4. The third kappa shape index (κ3) is 3.60. The summed E-state index contributed by atoms with van der Waals surface area (Å²) in [5.41, 5.74) is -1.82. The lowest BCUT2D eigenvalue weighted by molar-refractivity contribution is -0.167. The van der Waals surface area contributed by atoms with Gasteiger partial charge in [0.2, 0.25) is 5.60 Å². The summed E-state index contributed by atoms with van der Waals surface area (Å²) in [4.78, 5) is 24.3. The number of carbonyl (C=O) groups excluding carboxylic acids is 2. The second kappa shape index (κ2) is 7.70. The number of methoxy groups -OCH3 is 1. The zero-order valence-electron chi connectivity index (χ0n) is 13.1. The van der Waals surface area contributed by atoms with Gasteiger partial charge < -0.3 is 15.2 Å². The van der Waals surface area contributed by atoms with E-state index < -0.39 is 30.2 Å². The van der Waals surface area contributed by atoms with E-state index in [0.717, 1.165) is 7.11 Å². The number of halogens is 1. The highest BCUT2D eigenvalue weighted by atomic mass is 19.1. The van der Waals surface area contributed by atoms with Crippen molar-refractivity contribution >= 4 is 11.9 Å². The molecule has 0 aliphatic carbocycles. The minimum Gasteiger partial charge on any atom is -0.467 e. The first-order valence-corrected chi connectivity index (χ1v) is 7.30. The van der Waals surface area contributed by atoms with Gasteiger partial charge in [0.1, 0.15) is 6.67 Å². The van der Waals surface area contributed by atoms with Crippen LogP contribution < -0.4 is 5.32 Å². The monoisotopic (exact) mass is 331 g/mol. The quantitative estimate of drug-likeness (QED) is 0.794. The first-order chi connectivity index (χ1) is 11.5. The van der Waals surface area contributed by atoms with Gasteiger partial charge in [0.25, 0.3) is 5.91 Å². The van der Waals surface area contributed by atoms with Crippen LogP contribution in [0.3, 0.4) is 0 Å². The van der Waals surface area contributed by atoms with Gasteiger partial charge in [-0.2, -0.15) is 0 Å². The van der Waals surface area contributed by atoms with E-state index in [0.29, 0.717) is 11.1 Å². The number of hydrogen-bond donors (Lipinski definition) is 2. The van der Waals surface area contributed by atoms with Crippen molar-refractivity contribution in [1.82, 2.24) is 5.32 Å². The SMILES string of the molecule is COC(=O)[C@@](O)(CF)[C@@H](NC(=O)c1ccccc1)c1ccccc1. The van der Waals surface area contributed by atoms with Crippen molar-refractivity contribution in [1.29, 1.82) is 0 Å². The fraction of sp³-hybridized carbons (Fsp3) is 0.222. The summed E-state index contributed by atoms with van der Waals surface area (Å²) in [7, 11) is 1.05. The smallest absolute Gasteiger partial charge is 0.343 e. The van der Waals surface area contributed by atoms with Crippen LogP contribution in [0.2, 0.25) is 0 Å². The number of benzene rings is 2. The zero-order chi connectivity index (χ0) is 17.6. The van der Waals surface area contributed by atoms with Gasteiger partial charge in [-0.25, -0.2) is 9.18 Å². The van der Waals surface area contributed by atoms with E-state index in [1.54, 1.807) is 60.7 Å². The summed E-state index contributed by atoms with van der Waals surface area (Å²) in [6.45, 7) is -1.41. The van der Waals surface area contributed by atoms with E-state index in [1.165, 1.54) is 0 Å². The summed E-state index contributed by atoms with van der Waals surface area (Å²) in [6.07, 6.45) is 0. The average molecular weight is 331 g/mol. The minimum atomic E-state index is -2.53. The molecular formula is C18H18FNO4. The molecule has 0 aliphatic rings. The molecule has 0 bridgehead atoms. The Labute approximate surface area is 139 Å². The maximum absolute atomic E-state index is 13.6. The highest BCUT2D eigenvalue weighted by molar-refractivity contribution is 5.95. The van der Waals surface area contributed by atoms with E-state index >= 15 is 0 Å². The molecule has 2 N–H and O–H groups in total. The van der Waals surface area contributed by atoms with E-state index in [1.807, 2.05) is 0 Å². The third-order valence-corrected chi connectivity index (χ3v) is 3.66. The summed E-state index contributed by atoms with van der Waals surface area (Å²) in [5.74, 6) is -1.70. The Balaban J connectivity index is 2.40. The molecular weight excluding hydrogens is 313 g/mol. The van der Waals surface area contributed by atoms with Crippen molar-refractivity contribution in [3.05, 3.63) is 71.8 Å². The van der Waals surface area contributed by atoms with Crippen molar-refractivity contribution in [3.8, 4) is 0 Å². The number of amides is 1. The van der Waals surface area contributed by atoms with E-state index in [9.17, 15) is 19.1 Å². The maximum Gasteiger partial charge on any atom is 0.343 e. The fourth-order valence-corrected chi connectivity index (χ4v) is 2.35. The van der Waals surface area contributed by atoms with Crippen LogP contribution in [-0.4, -0.2) is 36.4 Å². The lowest BCUT2D eigenvalue weighted by Gasteiger charge is -2.32. The largest absolute Gasteiger partial charge is 0.467 e. The molecule has 0 aromatic heterocycles. The number of nitrogens with one attached hydrogen (secondary N) is 1. The molecule has 0 saturated heterocycles. The van der Waals surface area contributed by atoms with Crippen LogP contribution in [0.15, 0.2) is 60.7 Å². The van der Waals surface area contributed by atoms with E-state index in [-0.39, 0.29) is 0 Å². The molecule has 5 nitrogen and oxygen atoms in total. The van der Waals surface area contributed by atoms with Crippen molar-refractivity contribution < 1.29 is 23.8 Å². The molecule has 6 heteroatoms. The predicted molar refractivity (Wildman–Crippen MR) is 86.0 cm³/mol. The minimum absolute atomic E-state index is 0.324. The molecule has 2 aromatic carbocycles. The second-order valence-corrected chi connectivity index (χ2v) is 5.23. The normalized spacial score (nSPS) is 14.3. The van der Waals surface area contributed by atoms with E-state index in [4.69, 9.17) is 0 Å². The second-order valence-electron chi connectivity index (χ2n) is 5.23. The molecule has 0 radical (unpaired) electrons. The number of rotatable bonds is 6. The Morgan fingerprint density at radius 2 is 1.67 bits per heavy atom. The Morgan fingerprint density at radius 3 is 2.17 bits per heavy atom. The highest BCUT2D eigenvalue weighted by Crippen LogP contribution is 2.28.